The van der Waals surface area contributed by atoms with Crippen LogP contribution in [0.25, 0.3) is 0 Å². The van der Waals surface area contributed by atoms with Crippen LogP contribution < -0.4 is 5.32 Å². The van der Waals surface area contributed by atoms with Gasteiger partial charge in [0.15, 0.2) is 0 Å². The van der Waals surface area contributed by atoms with Crippen molar-refractivity contribution in [3.8, 4) is 0 Å². The van der Waals surface area contributed by atoms with Gasteiger partial charge in [-0.2, -0.15) is 0 Å². The number of carbonyl (C=O) groups is 1. The van der Waals surface area contributed by atoms with Crippen LogP contribution in [0.5, 0.6) is 0 Å². The highest BCUT2D eigenvalue weighted by molar-refractivity contribution is 5.91. The van der Waals surface area contributed by atoms with Gasteiger partial charge in [0.2, 0.25) is 5.91 Å². The van der Waals surface area contributed by atoms with Gasteiger partial charge in [-0.15, -0.1) is 12.4 Å². The van der Waals surface area contributed by atoms with Crippen molar-refractivity contribution in [2.75, 3.05) is 6.54 Å². The zero-order chi connectivity index (χ0) is 10.4. The Morgan fingerprint density at radius 3 is 2.87 bits per heavy atom. The summed E-state index contributed by atoms with van der Waals surface area (Å²) < 4.78 is 1.98. The van der Waals surface area contributed by atoms with Crippen molar-refractivity contribution in [2.24, 2.45) is 0 Å². The average molecular weight is 230 g/mol. The van der Waals surface area contributed by atoms with Crippen LogP contribution in [0.2, 0.25) is 0 Å². The van der Waals surface area contributed by atoms with Crippen molar-refractivity contribution in [3.63, 3.8) is 0 Å². The molecule has 1 aromatic heterocycles. The fourth-order valence-corrected chi connectivity index (χ4v) is 1.03. The van der Waals surface area contributed by atoms with Crippen molar-refractivity contribution < 1.29 is 4.79 Å². The molecule has 1 N–H and O–H groups in total. The van der Waals surface area contributed by atoms with E-state index in [1.165, 1.54) is 0 Å². The van der Waals surface area contributed by atoms with Gasteiger partial charge >= 0.3 is 0 Å². The van der Waals surface area contributed by atoms with Crippen LogP contribution in [0.15, 0.2) is 30.9 Å². The second kappa shape index (κ2) is 7.06. The van der Waals surface area contributed by atoms with Crippen molar-refractivity contribution >= 4 is 18.3 Å². The number of halogens is 1. The maximum atomic E-state index is 11.1. The molecule has 0 aromatic carbocycles. The molecule has 0 spiro atoms. The van der Waals surface area contributed by atoms with Gasteiger partial charge in [0.05, 0.1) is 6.33 Å². The normalized spacial score (nSPS) is 9.13. The third kappa shape index (κ3) is 5.22. The Balaban J connectivity index is 0.00000196. The minimum atomic E-state index is -0.0735. The Labute approximate surface area is 95.8 Å². The molecule has 1 rings (SSSR count). The smallest absolute Gasteiger partial charge is 0.246 e. The highest BCUT2D eigenvalue weighted by Gasteiger charge is 1.99. The van der Waals surface area contributed by atoms with Crippen molar-refractivity contribution in [1.82, 2.24) is 14.9 Å². The molecule has 0 aliphatic heterocycles. The van der Waals surface area contributed by atoms with Crippen molar-refractivity contribution in [2.45, 2.75) is 19.9 Å². The molecule has 1 aromatic rings. The summed E-state index contributed by atoms with van der Waals surface area (Å²) in [4.78, 5) is 15.0. The van der Waals surface area contributed by atoms with E-state index < -0.39 is 0 Å². The molecule has 0 bridgehead atoms. The van der Waals surface area contributed by atoms with Gasteiger partial charge in [0.1, 0.15) is 0 Å². The van der Waals surface area contributed by atoms with E-state index in [0.29, 0.717) is 12.1 Å². The zero-order valence-corrected chi connectivity index (χ0v) is 9.59. The van der Waals surface area contributed by atoms with Crippen LogP contribution in [-0.4, -0.2) is 22.0 Å². The summed E-state index contributed by atoms with van der Waals surface area (Å²) in [7, 11) is 0. The number of hydrogen-bond acceptors (Lipinski definition) is 2. The third-order valence-electron chi connectivity index (χ3n) is 1.83. The highest BCUT2D eigenvalue weighted by atomic mass is 35.5. The van der Waals surface area contributed by atoms with Gasteiger partial charge < -0.3 is 9.88 Å². The first-order chi connectivity index (χ1) is 6.70. The number of imidazole rings is 1. The second-order valence-corrected chi connectivity index (χ2v) is 3.19. The van der Waals surface area contributed by atoms with Crippen LogP contribution in [-0.2, 0) is 11.3 Å². The molecule has 0 unspecified atom stereocenters. The quantitative estimate of drug-likeness (QED) is 0.613. The molecule has 0 aliphatic rings. The highest BCUT2D eigenvalue weighted by Crippen LogP contribution is 1.90. The monoisotopic (exact) mass is 229 g/mol. The lowest BCUT2D eigenvalue weighted by atomic mass is 10.3. The number of hydrogen-bond donors (Lipinski definition) is 1. The van der Waals surface area contributed by atoms with Crippen LogP contribution in [0.4, 0.5) is 0 Å². The summed E-state index contributed by atoms with van der Waals surface area (Å²) in [6.45, 7) is 6.80. The molecular weight excluding hydrogens is 214 g/mol. The lowest BCUT2D eigenvalue weighted by Gasteiger charge is -2.04. The van der Waals surface area contributed by atoms with Gasteiger partial charge in [-0.05, 0) is 13.3 Å². The van der Waals surface area contributed by atoms with E-state index >= 15 is 0 Å². The summed E-state index contributed by atoms with van der Waals surface area (Å²) in [5, 5.41) is 2.77. The molecule has 0 aliphatic carbocycles. The van der Waals surface area contributed by atoms with Crippen LogP contribution in [0.1, 0.15) is 13.3 Å². The summed E-state index contributed by atoms with van der Waals surface area (Å²) in [6, 6.07) is 0. The molecule has 0 atom stereocenters. The Hall–Kier alpha value is -1.29. The molecule has 0 saturated carbocycles. The average Bonchev–Trinajstić information content (AvgIpc) is 2.64. The largest absolute Gasteiger partial charge is 0.352 e. The first-order valence-electron chi connectivity index (χ1n) is 4.59. The van der Waals surface area contributed by atoms with Crippen LogP contribution >= 0.6 is 12.4 Å². The molecule has 4 nitrogen and oxygen atoms in total. The molecule has 0 radical (unpaired) electrons. The van der Waals surface area contributed by atoms with E-state index in [2.05, 4.69) is 16.9 Å². The van der Waals surface area contributed by atoms with E-state index in [9.17, 15) is 4.79 Å². The molecule has 0 saturated heterocycles. The maximum Gasteiger partial charge on any atom is 0.246 e. The van der Waals surface area contributed by atoms with Crippen molar-refractivity contribution in [1.29, 1.82) is 0 Å². The van der Waals surface area contributed by atoms with E-state index in [0.717, 1.165) is 13.0 Å². The predicted molar refractivity (Wildman–Crippen MR) is 61.9 cm³/mol. The molecular formula is C10H16ClN3O. The maximum absolute atomic E-state index is 11.1. The van der Waals surface area contributed by atoms with Crippen LogP contribution in [0.3, 0.4) is 0 Å². The van der Waals surface area contributed by atoms with E-state index in [-0.39, 0.29) is 18.3 Å². The molecule has 5 heteroatoms. The summed E-state index contributed by atoms with van der Waals surface area (Å²) >= 11 is 0. The van der Waals surface area contributed by atoms with Gasteiger partial charge in [-0.1, -0.05) is 6.58 Å². The molecule has 1 heterocycles. The number of nitrogens with zero attached hydrogens (tertiary/aromatic N) is 2. The van der Waals surface area contributed by atoms with E-state index in [4.69, 9.17) is 0 Å². The Morgan fingerprint density at radius 1 is 1.60 bits per heavy atom. The Bertz CT molecular complexity index is 308. The predicted octanol–water partition coefficient (Wildman–Crippen LogP) is 1.39. The van der Waals surface area contributed by atoms with Gasteiger partial charge in [-0.25, -0.2) is 4.98 Å². The zero-order valence-electron chi connectivity index (χ0n) is 8.77. The standard InChI is InChI=1S/C10H15N3O.ClH/c1-9(2)10(14)12-4-3-6-13-7-5-11-8-13;/h5,7-8H,1,3-4,6H2,2H3,(H,12,14);1H. The number of carbonyl (C=O) groups excluding carboxylic acids is 1. The number of rotatable bonds is 5. The SMILES string of the molecule is C=C(C)C(=O)NCCCn1ccnc1.Cl. The lowest BCUT2D eigenvalue weighted by Crippen LogP contribution is -2.25. The lowest BCUT2D eigenvalue weighted by molar-refractivity contribution is -0.117. The molecule has 0 fully saturated rings. The summed E-state index contributed by atoms with van der Waals surface area (Å²) in [5.74, 6) is -0.0735. The minimum Gasteiger partial charge on any atom is -0.352 e. The number of amides is 1. The third-order valence-corrected chi connectivity index (χ3v) is 1.83. The fraction of sp³-hybridized carbons (Fsp3) is 0.400. The van der Waals surface area contributed by atoms with Crippen LogP contribution in [0, 0.1) is 0 Å². The van der Waals surface area contributed by atoms with Gasteiger partial charge in [-0.3, -0.25) is 4.79 Å². The summed E-state index contributed by atoms with van der Waals surface area (Å²) in [6.07, 6.45) is 6.31. The van der Waals surface area contributed by atoms with Crippen molar-refractivity contribution in [3.05, 3.63) is 30.9 Å². The van der Waals surface area contributed by atoms with E-state index in [1.54, 1.807) is 19.4 Å². The Kier molecular flexibility index (Phi) is 6.45. The fourth-order valence-electron chi connectivity index (χ4n) is 1.03. The van der Waals surface area contributed by atoms with Gasteiger partial charge in [0, 0.05) is 31.1 Å². The topological polar surface area (TPSA) is 46.9 Å². The Morgan fingerprint density at radius 2 is 2.33 bits per heavy atom. The second-order valence-electron chi connectivity index (χ2n) is 3.19. The summed E-state index contributed by atoms with van der Waals surface area (Å²) in [5.41, 5.74) is 0.549. The molecule has 84 valence electrons. The number of nitrogens with one attached hydrogen (secondary N) is 1. The van der Waals surface area contributed by atoms with Gasteiger partial charge in [0.25, 0.3) is 0 Å². The first-order valence-corrected chi connectivity index (χ1v) is 4.59. The molecule has 15 heavy (non-hydrogen) atoms. The number of aromatic nitrogens is 2. The first kappa shape index (κ1) is 13.7. The number of aryl methyl sites for hydroxylation is 1. The van der Waals surface area contributed by atoms with E-state index in [1.807, 2.05) is 10.8 Å². The molecule has 1 amide bonds. The minimum absolute atomic E-state index is 0.